The maximum Gasteiger partial charge on any atom is 0.256 e. The highest BCUT2D eigenvalue weighted by molar-refractivity contribution is 6.07. The number of unbranched alkanes of at least 4 members (excludes halogenated alkanes) is 7. The highest BCUT2D eigenvalue weighted by atomic mass is 16.5. The lowest BCUT2D eigenvalue weighted by molar-refractivity contribution is 0.0775. The summed E-state index contributed by atoms with van der Waals surface area (Å²) >= 11 is 0. The van der Waals surface area contributed by atoms with E-state index in [1.807, 2.05) is 35.4 Å². The third-order valence-corrected chi connectivity index (χ3v) is 8.64. The molecule has 7 nitrogen and oxygen atoms in total. The van der Waals surface area contributed by atoms with Crippen LogP contribution < -0.4 is 9.47 Å². The second kappa shape index (κ2) is 13.6. The molecule has 0 saturated carbocycles. The van der Waals surface area contributed by atoms with E-state index < -0.39 is 0 Å². The zero-order chi connectivity index (χ0) is 27.0. The van der Waals surface area contributed by atoms with Gasteiger partial charge in [0.25, 0.3) is 5.91 Å². The molecule has 2 aromatic carbocycles. The van der Waals surface area contributed by atoms with Crippen molar-refractivity contribution >= 4 is 28.6 Å². The minimum absolute atomic E-state index is 0.0835. The maximum absolute atomic E-state index is 13.2. The number of nitrogens with zero attached hydrogens (tertiary/aromatic N) is 4. The van der Waals surface area contributed by atoms with Gasteiger partial charge in [0.2, 0.25) is 0 Å². The lowest BCUT2D eigenvalue weighted by Gasteiger charge is -2.32. The van der Waals surface area contributed by atoms with E-state index in [1.165, 1.54) is 77.7 Å². The fourth-order valence-corrected chi connectivity index (χ4v) is 6.12. The molecule has 0 spiro atoms. The van der Waals surface area contributed by atoms with Crippen LogP contribution in [0.5, 0.6) is 11.5 Å². The molecule has 39 heavy (non-hydrogen) atoms. The molecule has 3 heterocycles. The van der Waals surface area contributed by atoms with E-state index in [0.717, 1.165) is 53.8 Å². The zero-order valence-corrected chi connectivity index (χ0v) is 24.0. The minimum Gasteiger partial charge on any atom is -0.493 e. The number of aliphatic imine (C=N–C) groups is 1. The third-order valence-electron chi connectivity index (χ3n) is 8.64. The van der Waals surface area contributed by atoms with Crippen LogP contribution in [0.1, 0.15) is 74.6 Å². The van der Waals surface area contributed by atoms with E-state index in [-0.39, 0.29) is 11.9 Å². The van der Waals surface area contributed by atoms with Gasteiger partial charge >= 0.3 is 0 Å². The molecule has 0 radical (unpaired) electrons. The maximum atomic E-state index is 13.2. The molecular formula is C32H46N4O3. The number of hydrogen-bond acceptors (Lipinski definition) is 6. The van der Waals surface area contributed by atoms with Gasteiger partial charge < -0.3 is 24.2 Å². The van der Waals surface area contributed by atoms with Gasteiger partial charge in [-0.05, 0) is 74.3 Å². The number of benzene rings is 2. The second-order valence-corrected chi connectivity index (χ2v) is 11.5. The largest absolute Gasteiger partial charge is 0.493 e. The Labute approximate surface area is 234 Å². The highest BCUT2D eigenvalue weighted by Gasteiger charge is 2.31. The fraction of sp³-hybridized carbons (Fsp3) is 0.625. The van der Waals surface area contributed by atoms with E-state index >= 15 is 0 Å². The Morgan fingerprint density at radius 2 is 1.54 bits per heavy atom. The number of carbonyl (C=O) groups excluding carboxylic acids is 1. The molecular weight excluding hydrogens is 488 g/mol. The predicted molar refractivity (Wildman–Crippen MR) is 159 cm³/mol. The summed E-state index contributed by atoms with van der Waals surface area (Å²) in [6.45, 7) is 7.66. The Bertz CT molecular complexity index is 1140. The Kier molecular flexibility index (Phi) is 9.75. The van der Waals surface area contributed by atoms with Gasteiger partial charge in [-0.3, -0.25) is 9.79 Å². The molecule has 1 amide bonds. The van der Waals surface area contributed by atoms with Gasteiger partial charge in [0.1, 0.15) is 0 Å². The summed E-state index contributed by atoms with van der Waals surface area (Å²) in [4.78, 5) is 24.9. The number of likely N-dealkylation sites (N-methyl/N-ethyl adjacent to an activating group) is 1. The van der Waals surface area contributed by atoms with Crippen LogP contribution in [-0.4, -0.2) is 92.9 Å². The monoisotopic (exact) mass is 534 g/mol. The number of rotatable bonds is 13. The lowest BCUT2D eigenvalue weighted by atomic mass is 10.0. The molecule has 0 bridgehead atoms. The predicted octanol–water partition coefficient (Wildman–Crippen LogP) is 5.92. The van der Waals surface area contributed by atoms with E-state index in [2.05, 4.69) is 21.8 Å². The van der Waals surface area contributed by atoms with Crippen molar-refractivity contribution < 1.29 is 14.3 Å². The third kappa shape index (κ3) is 7.12. The number of ether oxygens (including phenoxy) is 2. The van der Waals surface area contributed by atoms with Crippen LogP contribution in [0.3, 0.4) is 0 Å². The smallest absolute Gasteiger partial charge is 0.256 e. The van der Waals surface area contributed by atoms with E-state index in [9.17, 15) is 4.79 Å². The average molecular weight is 535 g/mol. The normalized spacial score (nSPS) is 19.8. The molecule has 2 saturated heterocycles. The molecule has 2 aromatic rings. The Morgan fingerprint density at radius 3 is 2.31 bits per heavy atom. The number of fused-ring (bicyclic) bond motifs is 3. The SMILES string of the molecule is COc1cc2cc3c(cc2cc1OCCCCCCCCCCN1CCN(C)CC1)C(=O)N1CCC[C@H]1C=N3. The van der Waals surface area contributed by atoms with E-state index in [0.29, 0.717) is 12.2 Å². The number of amides is 1. The van der Waals surface area contributed by atoms with Crippen LogP contribution >= 0.6 is 0 Å². The van der Waals surface area contributed by atoms with Crippen molar-refractivity contribution in [2.75, 3.05) is 60.0 Å². The van der Waals surface area contributed by atoms with Gasteiger partial charge in [-0.15, -0.1) is 0 Å². The molecule has 212 valence electrons. The lowest BCUT2D eigenvalue weighted by Crippen LogP contribution is -2.44. The number of piperazine rings is 1. The first-order valence-electron chi connectivity index (χ1n) is 15.2. The van der Waals surface area contributed by atoms with Crippen molar-refractivity contribution in [3.05, 3.63) is 29.8 Å². The molecule has 5 rings (SSSR count). The zero-order valence-electron chi connectivity index (χ0n) is 24.0. The van der Waals surface area contributed by atoms with Gasteiger partial charge in [-0.25, -0.2) is 0 Å². The number of hydrogen-bond donors (Lipinski definition) is 0. The van der Waals surface area contributed by atoms with Crippen molar-refractivity contribution in [3.8, 4) is 11.5 Å². The molecule has 0 N–H and O–H groups in total. The van der Waals surface area contributed by atoms with Gasteiger partial charge in [0, 0.05) is 38.9 Å². The summed E-state index contributed by atoms with van der Waals surface area (Å²) in [5.41, 5.74) is 1.42. The molecule has 3 aliphatic heterocycles. The molecule has 7 heteroatoms. The molecule has 0 unspecified atom stereocenters. The molecule has 3 aliphatic rings. The molecule has 0 aromatic heterocycles. The van der Waals surface area contributed by atoms with Crippen LogP contribution in [0.2, 0.25) is 0 Å². The topological polar surface area (TPSA) is 57.6 Å². The van der Waals surface area contributed by atoms with Crippen molar-refractivity contribution in [2.45, 2.75) is 70.3 Å². The first-order valence-corrected chi connectivity index (χ1v) is 15.2. The summed E-state index contributed by atoms with van der Waals surface area (Å²) < 4.78 is 11.8. The summed E-state index contributed by atoms with van der Waals surface area (Å²) in [6.07, 6.45) is 14.2. The van der Waals surface area contributed by atoms with Gasteiger partial charge in [-0.2, -0.15) is 0 Å². The molecule has 1 atom stereocenters. The quantitative estimate of drug-likeness (QED) is 0.299. The van der Waals surface area contributed by atoms with Crippen LogP contribution in [-0.2, 0) is 0 Å². The minimum atomic E-state index is 0.0835. The van der Waals surface area contributed by atoms with Gasteiger partial charge in [-0.1, -0.05) is 38.5 Å². The Morgan fingerprint density at radius 1 is 0.846 bits per heavy atom. The van der Waals surface area contributed by atoms with Crippen LogP contribution in [0, 0.1) is 0 Å². The van der Waals surface area contributed by atoms with Crippen molar-refractivity contribution in [3.63, 3.8) is 0 Å². The molecule has 2 fully saturated rings. The van der Waals surface area contributed by atoms with E-state index in [1.54, 1.807) is 7.11 Å². The van der Waals surface area contributed by atoms with Crippen LogP contribution in [0.25, 0.3) is 10.8 Å². The summed E-state index contributed by atoms with van der Waals surface area (Å²) in [7, 11) is 3.90. The van der Waals surface area contributed by atoms with E-state index in [4.69, 9.17) is 9.47 Å². The summed E-state index contributed by atoms with van der Waals surface area (Å²) in [6, 6.07) is 8.11. The highest BCUT2D eigenvalue weighted by Crippen LogP contribution is 2.37. The number of carbonyl (C=O) groups is 1. The van der Waals surface area contributed by atoms with Gasteiger partial charge in [0.15, 0.2) is 11.5 Å². The first-order chi connectivity index (χ1) is 19.1. The van der Waals surface area contributed by atoms with Gasteiger partial charge in [0.05, 0.1) is 31.0 Å². The second-order valence-electron chi connectivity index (χ2n) is 11.5. The van der Waals surface area contributed by atoms with Crippen molar-refractivity contribution in [2.24, 2.45) is 4.99 Å². The molecule has 0 aliphatic carbocycles. The average Bonchev–Trinajstić information content (AvgIpc) is 3.38. The van der Waals surface area contributed by atoms with Crippen LogP contribution in [0.4, 0.5) is 5.69 Å². The van der Waals surface area contributed by atoms with Crippen LogP contribution in [0.15, 0.2) is 29.3 Å². The van der Waals surface area contributed by atoms with Crippen molar-refractivity contribution in [1.29, 1.82) is 0 Å². The summed E-state index contributed by atoms with van der Waals surface area (Å²) in [5.74, 6) is 1.55. The first kappa shape index (κ1) is 27.9. The summed E-state index contributed by atoms with van der Waals surface area (Å²) in [5, 5.41) is 1.99. The van der Waals surface area contributed by atoms with Crippen molar-refractivity contribution in [1.82, 2.24) is 14.7 Å². The standard InChI is InChI=1S/C32H46N4O3/c1-34-15-17-35(18-16-34)13-9-7-5-3-4-6-8-10-19-39-31-23-25-20-28-29(21-26(25)22-30(31)38-2)33-24-27-12-11-14-36(27)32(28)37/h20-24,27H,3-19H2,1-2H3/t27-/m0/s1. The Hall–Kier alpha value is -2.64. The number of methoxy groups -OCH3 is 1. The fourth-order valence-electron chi connectivity index (χ4n) is 6.12. The Balaban J connectivity index is 1.04.